The number of carbonyl (C=O) groups excluding carboxylic acids is 10. The summed E-state index contributed by atoms with van der Waals surface area (Å²) in [5.41, 5.74) is 9.22. The summed E-state index contributed by atoms with van der Waals surface area (Å²) in [6.45, 7) is 2.34. The van der Waals surface area contributed by atoms with Gasteiger partial charge in [0.2, 0.25) is 53.2 Å². The third-order valence-electron chi connectivity index (χ3n) is 17.3. The highest BCUT2D eigenvalue weighted by Crippen LogP contribution is 2.35. The van der Waals surface area contributed by atoms with Crippen LogP contribution in [0.1, 0.15) is 91.4 Å². The highest BCUT2D eigenvalue weighted by molar-refractivity contribution is 7.98. The number of nitrogens with two attached hydrogens (primary N) is 1. The molecule has 97 heavy (non-hydrogen) atoms. The topological polar surface area (TPSA) is 386 Å². The molecule has 4 heterocycles. The summed E-state index contributed by atoms with van der Waals surface area (Å²) in [5.74, 6) is -10.8. The zero-order valence-electron chi connectivity index (χ0n) is 53.2. The first-order chi connectivity index (χ1) is 46.4. The molecule has 0 radical (unpaired) electrons. The number of nitrogens with one attached hydrogen (secondary N) is 9. The van der Waals surface area contributed by atoms with E-state index in [1.165, 1.54) is 115 Å². The van der Waals surface area contributed by atoms with Gasteiger partial charge in [0.05, 0.1) is 30.7 Å². The number of aromatic hydroxyl groups is 1. The van der Waals surface area contributed by atoms with Crippen molar-refractivity contribution in [1.82, 2.24) is 57.1 Å². The van der Waals surface area contributed by atoms with E-state index in [1.54, 1.807) is 13.0 Å². The largest absolute Gasteiger partial charge is 0.508 e. The Balaban J connectivity index is 1.04. The van der Waals surface area contributed by atoms with Crippen LogP contribution in [0.4, 0.5) is 8.78 Å². The summed E-state index contributed by atoms with van der Waals surface area (Å²) >= 11 is 2.86. The van der Waals surface area contributed by atoms with Crippen LogP contribution in [0.5, 0.6) is 5.75 Å². The van der Waals surface area contributed by atoms with Gasteiger partial charge in [-0.15, -0.1) is 0 Å². The number of carboxylic acid groups (broad SMARTS) is 1. The van der Waals surface area contributed by atoms with E-state index < -0.39 is 144 Å². The number of halogens is 2. The number of primary amides is 1. The fourth-order valence-corrected chi connectivity index (χ4v) is 14.0. The van der Waals surface area contributed by atoms with E-state index in [9.17, 15) is 62.1 Å². The fourth-order valence-electron chi connectivity index (χ4n) is 12.0. The van der Waals surface area contributed by atoms with Gasteiger partial charge < -0.3 is 68.0 Å². The van der Waals surface area contributed by atoms with Crippen molar-refractivity contribution in [2.45, 2.75) is 131 Å². The average molecular weight is 1370 g/mol. The van der Waals surface area contributed by atoms with E-state index in [1.807, 2.05) is 24.3 Å². The molecule has 25 nitrogen and oxygen atoms in total. The number of nitrogens with zero attached hydrogens (tertiary/aromatic N) is 2. The van der Waals surface area contributed by atoms with E-state index in [2.05, 4.69) is 52.2 Å². The number of amides is 9. The van der Waals surface area contributed by atoms with Crippen LogP contribution < -0.4 is 43.0 Å². The first-order valence-electron chi connectivity index (χ1n) is 31.5. The van der Waals surface area contributed by atoms with Crippen LogP contribution in [0, 0.1) is 17.6 Å². The number of allylic oxidation sites excluding steroid dienone is 1. The zero-order valence-corrected chi connectivity index (χ0v) is 54.8. The van der Waals surface area contributed by atoms with Crippen molar-refractivity contribution in [1.29, 1.82) is 0 Å². The lowest BCUT2D eigenvalue weighted by molar-refractivity contribution is -0.146. The number of carboxylic acids is 1. The molecule has 1 saturated heterocycles. The van der Waals surface area contributed by atoms with Gasteiger partial charge in [0.25, 0.3) is 0 Å². The first-order valence-corrected chi connectivity index (χ1v) is 33.9. The lowest BCUT2D eigenvalue weighted by Crippen LogP contribution is -2.61. The lowest BCUT2D eigenvalue weighted by atomic mass is 9.86. The van der Waals surface area contributed by atoms with Crippen LogP contribution in [-0.4, -0.2) is 161 Å². The summed E-state index contributed by atoms with van der Waals surface area (Å²) in [6, 6.07) is 11.7. The third kappa shape index (κ3) is 19.2. The second-order valence-corrected chi connectivity index (χ2v) is 26.6. The smallest absolute Gasteiger partial charge is 0.305 e. The summed E-state index contributed by atoms with van der Waals surface area (Å²) < 4.78 is 29.7. The second kappa shape index (κ2) is 32.7. The molecule has 512 valence electrons. The number of aromatic nitrogens is 3. The molecular formula is C68H76F2N12O13S2. The predicted molar refractivity (Wildman–Crippen MR) is 356 cm³/mol. The molecule has 2 aliphatic heterocycles. The molecule has 9 amide bonds. The fraction of sp³-hybridized carbons (Fsp3) is 0.382. The molecule has 1 fully saturated rings. The van der Waals surface area contributed by atoms with E-state index in [0.717, 1.165) is 11.1 Å². The maximum Gasteiger partial charge on any atom is 0.305 e. The number of thioether (sulfide) groups is 2. The number of H-pyrrole nitrogens is 2. The number of phenols is 1. The number of fused-ring (bicyclic) bond motifs is 5. The average Bonchev–Trinajstić information content (AvgIpc) is 1.70. The number of hydrogen-bond acceptors (Lipinski definition) is 15. The predicted octanol–water partition coefficient (Wildman–Crippen LogP) is 3.46. The van der Waals surface area contributed by atoms with Crippen molar-refractivity contribution < 1.29 is 71.7 Å². The standard InChI is InChI=1S/C68H76F2N12O13S2/c1-37-62(90)74-32-59(86)77-52(24-43-30-73-51-16-13-46(70)27-50(43)51)63(91)78-53(23-42-10-9-41-11-12-45(69)26-49(41)42)64(92)80-55(29-60(87)88)66(94)79-54(28-47-31-72-36-75-47)65(93)81-56(22-38-7-14-48(83)15-8-38)67(95)82-19-4-18-68(82,2)57(84)25-44(61(71)89)35-97-34-40-6-3-5-39(21-40)33-96-20-17-58(85)76-37/h3,5-8,10-16,21,26-27,30-31,36-37,44,52-56,73,83H,4,9,17-20,22-25,28-29,32-35H2,1-2H3,(H2,71,89)(H,72,75)(H,74,90)(H,76,85)(H,77,86)(H,78,91)(H,79,94)(H,80,92)(H,81,93)(H,87,88)/t37-,44-,52-,53-,54-,55-,56-,68-/m0/s1. The highest BCUT2D eigenvalue weighted by Gasteiger charge is 2.48. The van der Waals surface area contributed by atoms with Gasteiger partial charge in [0.1, 0.15) is 53.6 Å². The number of imidazole rings is 1. The second-order valence-electron chi connectivity index (χ2n) is 24.5. The minimum atomic E-state index is -2.02. The lowest BCUT2D eigenvalue weighted by Gasteiger charge is -2.37. The van der Waals surface area contributed by atoms with Crippen LogP contribution in [0.2, 0.25) is 0 Å². The highest BCUT2D eigenvalue weighted by atomic mass is 32.2. The van der Waals surface area contributed by atoms with Crippen molar-refractivity contribution in [3.63, 3.8) is 0 Å². The van der Waals surface area contributed by atoms with E-state index in [-0.39, 0.29) is 68.7 Å². The van der Waals surface area contributed by atoms with Gasteiger partial charge in [-0.3, -0.25) is 52.7 Å². The Bertz CT molecular complexity index is 3980. The van der Waals surface area contributed by atoms with Crippen molar-refractivity contribution in [2.75, 3.05) is 24.6 Å². The molecule has 0 spiro atoms. The van der Waals surface area contributed by atoms with E-state index in [0.29, 0.717) is 62.4 Å². The number of hydrogen-bond donors (Lipinski definition) is 12. The van der Waals surface area contributed by atoms with Gasteiger partial charge in [0.15, 0.2) is 5.78 Å². The normalized spacial score (nSPS) is 23.7. The Morgan fingerprint density at radius 2 is 1.38 bits per heavy atom. The Kier molecular flexibility index (Phi) is 24.1. The maximum absolute atomic E-state index is 15.2. The number of carbonyl (C=O) groups is 11. The molecule has 4 aromatic carbocycles. The molecule has 0 unspecified atom stereocenters. The zero-order chi connectivity index (χ0) is 69.5. The number of ketones is 1. The van der Waals surface area contributed by atoms with Crippen LogP contribution in [0.15, 0.2) is 110 Å². The molecule has 1 aliphatic carbocycles. The summed E-state index contributed by atoms with van der Waals surface area (Å²) in [7, 11) is 0. The monoisotopic (exact) mass is 1370 g/mol. The Morgan fingerprint density at radius 1 is 0.722 bits per heavy atom. The molecule has 9 rings (SSSR count). The van der Waals surface area contributed by atoms with E-state index >= 15 is 9.59 Å². The van der Waals surface area contributed by atoms with Gasteiger partial charge >= 0.3 is 5.97 Å². The SMILES string of the molecule is C[C@@H]1NC(=O)CCSCc2cccc(c2)CSC[C@@H](C(N)=O)CC(=O)[C@]2(C)CCCN2C(=O)[C@H](Cc2ccc(O)cc2)NC(=O)[C@H](Cc2cnc[nH]2)NC(=O)[C@H](CC(=O)O)NC(=O)[C@H](CC2=CCc3ccc(F)cc32)NC(=O)[C@H](Cc2c[nH]c3ccc(F)cc23)NC(=O)CNC1=O. The van der Waals surface area contributed by atoms with Gasteiger partial charge in [-0.2, -0.15) is 23.5 Å². The molecule has 2 aromatic heterocycles. The molecule has 29 heteroatoms. The van der Waals surface area contributed by atoms with Crippen molar-refractivity contribution in [3.05, 3.63) is 160 Å². The Labute approximate surface area is 564 Å². The summed E-state index contributed by atoms with van der Waals surface area (Å²) in [6.07, 6.45) is 3.90. The summed E-state index contributed by atoms with van der Waals surface area (Å²) in [5, 5.41) is 38.9. The molecule has 3 aliphatic rings. The van der Waals surface area contributed by atoms with Crippen molar-refractivity contribution >= 4 is 105 Å². The summed E-state index contributed by atoms with van der Waals surface area (Å²) in [4.78, 5) is 167. The van der Waals surface area contributed by atoms with Gasteiger partial charge in [-0.1, -0.05) is 48.5 Å². The van der Waals surface area contributed by atoms with Crippen molar-refractivity contribution in [3.8, 4) is 5.75 Å². The van der Waals surface area contributed by atoms with Crippen LogP contribution >= 0.6 is 23.5 Å². The molecule has 8 atom stereocenters. The van der Waals surface area contributed by atoms with Crippen LogP contribution in [0.3, 0.4) is 0 Å². The van der Waals surface area contributed by atoms with Crippen molar-refractivity contribution in [2.24, 2.45) is 11.7 Å². The minimum absolute atomic E-state index is 0.0300. The van der Waals surface area contributed by atoms with Crippen LogP contribution in [-0.2, 0) is 89.9 Å². The van der Waals surface area contributed by atoms with Gasteiger partial charge in [-0.05, 0) is 115 Å². The molecule has 6 aromatic rings. The first kappa shape index (κ1) is 71.4. The molecule has 13 N–H and O–H groups in total. The number of benzene rings is 4. The maximum atomic E-state index is 15.2. The minimum Gasteiger partial charge on any atom is -0.508 e. The molecule has 0 saturated carbocycles. The van der Waals surface area contributed by atoms with Gasteiger partial charge in [0, 0.05) is 97.1 Å². The Hall–Kier alpha value is -9.90. The van der Waals surface area contributed by atoms with E-state index in [4.69, 9.17) is 5.73 Å². The number of aromatic amines is 2. The Morgan fingerprint density at radius 3 is 2.08 bits per heavy atom. The number of aliphatic carboxylic acids is 1. The number of rotatable bonds is 11. The van der Waals surface area contributed by atoms with Crippen LogP contribution in [0.25, 0.3) is 16.5 Å². The molecular weight excluding hydrogens is 1290 g/mol. The number of Topliss-reactive ketones (excluding diaryl/α,β-unsaturated/α-hetero) is 1. The quantitative estimate of drug-likeness (QED) is 0.0884. The van der Waals surface area contributed by atoms with Gasteiger partial charge in [-0.25, -0.2) is 13.8 Å². The third-order valence-corrected chi connectivity index (χ3v) is 19.5. The number of phenolic OH excluding ortho intramolecular Hbond substituents is 1. The molecule has 2 bridgehead atoms.